The summed E-state index contributed by atoms with van der Waals surface area (Å²) in [6.07, 6.45) is 0.874. The molecule has 0 saturated heterocycles. The van der Waals surface area contributed by atoms with Crippen LogP contribution in [0.1, 0.15) is 57.0 Å². The fourth-order valence-electron chi connectivity index (χ4n) is 2.53. The average molecular weight is 383 g/mol. The van der Waals surface area contributed by atoms with Crippen LogP contribution in [0, 0.1) is 0 Å². The monoisotopic (exact) mass is 382 g/mol. The maximum absolute atomic E-state index is 12.4. The van der Waals surface area contributed by atoms with Gasteiger partial charge in [-0.2, -0.15) is 0 Å². The first kappa shape index (κ1) is 21.5. The third-order valence-electron chi connectivity index (χ3n) is 4.51. The highest BCUT2D eigenvalue weighted by atomic mass is 16.5. The van der Waals surface area contributed by atoms with Crippen molar-refractivity contribution in [2.75, 3.05) is 11.9 Å². The van der Waals surface area contributed by atoms with Crippen molar-refractivity contribution >= 4 is 17.5 Å². The lowest BCUT2D eigenvalue weighted by Gasteiger charge is -2.19. The SMILES string of the molecule is CC[C@@H](C)NC(=O)COc1ccc(NC(=O)c2ccc(C(C)(C)C)cc2)cc1. The predicted octanol–water partition coefficient (Wildman–Crippen LogP) is 4.53. The zero-order valence-corrected chi connectivity index (χ0v) is 17.3. The van der Waals surface area contributed by atoms with Crippen LogP contribution in [0.2, 0.25) is 0 Å². The van der Waals surface area contributed by atoms with E-state index in [-0.39, 0.29) is 29.9 Å². The van der Waals surface area contributed by atoms with E-state index in [2.05, 4.69) is 31.4 Å². The van der Waals surface area contributed by atoms with Crippen LogP contribution < -0.4 is 15.4 Å². The van der Waals surface area contributed by atoms with Gasteiger partial charge in [0.15, 0.2) is 6.61 Å². The summed E-state index contributed by atoms with van der Waals surface area (Å²) in [5, 5.41) is 5.72. The Hall–Kier alpha value is -2.82. The Kier molecular flexibility index (Phi) is 7.21. The zero-order valence-electron chi connectivity index (χ0n) is 17.3. The van der Waals surface area contributed by atoms with Gasteiger partial charge in [0.2, 0.25) is 0 Å². The second kappa shape index (κ2) is 9.40. The summed E-state index contributed by atoms with van der Waals surface area (Å²) in [5.41, 5.74) is 2.51. The lowest BCUT2D eigenvalue weighted by atomic mass is 9.87. The lowest BCUT2D eigenvalue weighted by Crippen LogP contribution is -2.35. The van der Waals surface area contributed by atoms with Crippen LogP contribution in [0.4, 0.5) is 5.69 Å². The fourth-order valence-corrected chi connectivity index (χ4v) is 2.53. The molecule has 2 N–H and O–H groups in total. The van der Waals surface area contributed by atoms with Crippen molar-refractivity contribution in [3.05, 3.63) is 59.7 Å². The van der Waals surface area contributed by atoms with Crippen LogP contribution in [-0.2, 0) is 10.2 Å². The molecule has 28 heavy (non-hydrogen) atoms. The van der Waals surface area contributed by atoms with Gasteiger partial charge in [-0.15, -0.1) is 0 Å². The standard InChI is InChI=1S/C23H30N2O3/c1-6-16(2)24-21(26)15-28-20-13-11-19(12-14-20)25-22(27)17-7-9-18(10-8-17)23(3,4)5/h7-14,16H,6,15H2,1-5H3,(H,24,26)(H,25,27)/t16-/m1/s1. The van der Waals surface area contributed by atoms with Gasteiger partial charge in [0.1, 0.15) is 5.75 Å². The molecule has 2 amide bonds. The largest absolute Gasteiger partial charge is 0.484 e. The maximum Gasteiger partial charge on any atom is 0.258 e. The Morgan fingerprint density at radius 2 is 1.61 bits per heavy atom. The van der Waals surface area contributed by atoms with E-state index >= 15 is 0 Å². The first-order valence-corrected chi connectivity index (χ1v) is 9.63. The van der Waals surface area contributed by atoms with Crippen LogP contribution >= 0.6 is 0 Å². The molecule has 0 radical (unpaired) electrons. The molecule has 0 saturated carbocycles. The summed E-state index contributed by atoms with van der Waals surface area (Å²) in [4.78, 5) is 24.2. The molecule has 0 aliphatic heterocycles. The van der Waals surface area contributed by atoms with Crippen molar-refractivity contribution in [1.29, 1.82) is 0 Å². The molecule has 1 atom stereocenters. The third kappa shape index (κ3) is 6.41. The van der Waals surface area contributed by atoms with Crippen LogP contribution in [0.3, 0.4) is 0 Å². The molecule has 0 heterocycles. The molecule has 5 heteroatoms. The van der Waals surface area contributed by atoms with Gasteiger partial charge in [0, 0.05) is 17.3 Å². The van der Waals surface area contributed by atoms with E-state index in [4.69, 9.17) is 4.74 Å². The fraction of sp³-hybridized carbons (Fsp3) is 0.391. The van der Waals surface area contributed by atoms with Gasteiger partial charge in [0.05, 0.1) is 0 Å². The van der Waals surface area contributed by atoms with Gasteiger partial charge < -0.3 is 15.4 Å². The summed E-state index contributed by atoms with van der Waals surface area (Å²) in [7, 11) is 0. The van der Waals surface area contributed by atoms with Crippen LogP contribution in [-0.4, -0.2) is 24.5 Å². The molecule has 0 spiro atoms. The quantitative estimate of drug-likeness (QED) is 0.739. The molecule has 2 rings (SSSR count). The Labute approximate surface area is 167 Å². The van der Waals surface area contributed by atoms with Gasteiger partial charge >= 0.3 is 0 Å². The Balaban J connectivity index is 1.89. The molecule has 0 fully saturated rings. The summed E-state index contributed by atoms with van der Waals surface area (Å²) < 4.78 is 5.48. The van der Waals surface area contributed by atoms with Crippen LogP contribution in [0.25, 0.3) is 0 Å². The van der Waals surface area contributed by atoms with E-state index in [1.807, 2.05) is 38.1 Å². The summed E-state index contributed by atoms with van der Waals surface area (Å²) in [6, 6.07) is 14.7. The maximum atomic E-state index is 12.4. The van der Waals surface area contributed by atoms with E-state index in [0.717, 1.165) is 6.42 Å². The van der Waals surface area contributed by atoms with E-state index < -0.39 is 0 Å². The third-order valence-corrected chi connectivity index (χ3v) is 4.51. The zero-order chi connectivity index (χ0) is 20.7. The molecule has 150 valence electrons. The van der Waals surface area contributed by atoms with Gasteiger partial charge in [-0.25, -0.2) is 0 Å². The van der Waals surface area contributed by atoms with Crippen molar-refractivity contribution in [2.24, 2.45) is 0 Å². The molecule has 2 aromatic carbocycles. The Morgan fingerprint density at radius 1 is 1.00 bits per heavy atom. The molecular formula is C23H30N2O3. The summed E-state index contributed by atoms with van der Waals surface area (Å²) in [5.74, 6) is 0.263. The number of nitrogens with one attached hydrogen (secondary N) is 2. The van der Waals surface area contributed by atoms with E-state index in [1.54, 1.807) is 24.3 Å². The smallest absolute Gasteiger partial charge is 0.258 e. The number of ether oxygens (including phenoxy) is 1. The van der Waals surface area contributed by atoms with Crippen molar-refractivity contribution < 1.29 is 14.3 Å². The summed E-state index contributed by atoms with van der Waals surface area (Å²) >= 11 is 0. The predicted molar refractivity (Wildman–Crippen MR) is 113 cm³/mol. The number of anilines is 1. The highest BCUT2D eigenvalue weighted by Crippen LogP contribution is 2.22. The molecule has 2 aromatic rings. The van der Waals surface area contributed by atoms with Gasteiger partial charge in [0.25, 0.3) is 11.8 Å². The van der Waals surface area contributed by atoms with Crippen molar-refractivity contribution in [1.82, 2.24) is 5.32 Å². The van der Waals surface area contributed by atoms with Crippen molar-refractivity contribution in [3.63, 3.8) is 0 Å². The number of carbonyl (C=O) groups is 2. The highest BCUT2D eigenvalue weighted by Gasteiger charge is 2.14. The first-order valence-electron chi connectivity index (χ1n) is 9.63. The highest BCUT2D eigenvalue weighted by molar-refractivity contribution is 6.04. The minimum absolute atomic E-state index is 0.0316. The Morgan fingerprint density at radius 3 is 2.14 bits per heavy atom. The van der Waals surface area contributed by atoms with Crippen LogP contribution in [0.5, 0.6) is 5.75 Å². The lowest BCUT2D eigenvalue weighted by molar-refractivity contribution is -0.123. The average Bonchev–Trinajstić information content (AvgIpc) is 2.66. The molecule has 0 aromatic heterocycles. The molecule has 0 bridgehead atoms. The second-order valence-electron chi connectivity index (χ2n) is 7.97. The number of benzene rings is 2. The van der Waals surface area contributed by atoms with E-state index in [9.17, 15) is 9.59 Å². The van der Waals surface area contributed by atoms with Gasteiger partial charge in [-0.3, -0.25) is 9.59 Å². The molecule has 5 nitrogen and oxygen atoms in total. The first-order chi connectivity index (χ1) is 13.2. The Bertz CT molecular complexity index is 790. The number of carbonyl (C=O) groups excluding carboxylic acids is 2. The minimum Gasteiger partial charge on any atom is -0.484 e. The van der Waals surface area contributed by atoms with E-state index in [1.165, 1.54) is 5.56 Å². The number of amides is 2. The number of rotatable bonds is 7. The molecular weight excluding hydrogens is 352 g/mol. The molecule has 0 aliphatic rings. The van der Waals surface area contributed by atoms with Gasteiger partial charge in [-0.1, -0.05) is 39.8 Å². The van der Waals surface area contributed by atoms with Crippen LogP contribution in [0.15, 0.2) is 48.5 Å². The molecule has 0 unspecified atom stereocenters. The van der Waals surface area contributed by atoms with Gasteiger partial charge in [-0.05, 0) is 60.7 Å². The summed E-state index contributed by atoms with van der Waals surface area (Å²) in [6.45, 7) is 10.3. The number of hydrogen-bond donors (Lipinski definition) is 2. The minimum atomic E-state index is -0.165. The van der Waals surface area contributed by atoms with Crippen molar-refractivity contribution in [2.45, 2.75) is 52.5 Å². The second-order valence-corrected chi connectivity index (χ2v) is 7.97. The normalized spacial score (nSPS) is 12.2. The number of hydrogen-bond acceptors (Lipinski definition) is 3. The molecule has 0 aliphatic carbocycles. The van der Waals surface area contributed by atoms with E-state index in [0.29, 0.717) is 17.0 Å². The topological polar surface area (TPSA) is 67.4 Å². The van der Waals surface area contributed by atoms with Crippen molar-refractivity contribution in [3.8, 4) is 5.75 Å².